The second-order valence-electron chi connectivity index (χ2n) is 6.36. The van der Waals surface area contributed by atoms with Gasteiger partial charge in [-0.25, -0.2) is 13.9 Å². The summed E-state index contributed by atoms with van der Waals surface area (Å²) in [6.07, 6.45) is 3.36. The monoisotopic (exact) mass is 397 g/mol. The van der Waals surface area contributed by atoms with Gasteiger partial charge >= 0.3 is 5.69 Å². The van der Waals surface area contributed by atoms with Crippen LogP contribution in [0.4, 0.5) is 4.39 Å². The predicted octanol–water partition coefficient (Wildman–Crippen LogP) is 1.69. The summed E-state index contributed by atoms with van der Waals surface area (Å²) in [5.41, 5.74) is -0.313. The lowest BCUT2D eigenvalue weighted by Gasteiger charge is -2.26. The van der Waals surface area contributed by atoms with Crippen LogP contribution in [0.15, 0.2) is 17.1 Å². The summed E-state index contributed by atoms with van der Waals surface area (Å²) in [4.78, 5) is 31.4. The molecular formula is C16H17ClFN5O2S. The molecule has 0 unspecified atom stereocenters. The first-order valence-electron chi connectivity index (χ1n) is 8.39. The van der Waals surface area contributed by atoms with E-state index in [0.717, 1.165) is 18.2 Å². The zero-order chi connectivity index (χ0) is 18.3. The van der Waals surface area contributed by atoms with Gasteiger partial charge in [-0.05, 0) is 18.9 Å². The van der Waals surface area contributed by atoms with Crippen molar-refractivity contribution in [2.45, 2.75) is 31.8 Å². The van der Waals surface area contributed by atoms with Gasteiger partial charge < -0.3 is 4.90 Å². The van der Waals surface area contributed by atoms with Gasteiger partial charge in [0, 0.05) is 24.9 Å². The number of amides is 1. The van der Waals surface area contributed by atoms with Crippen molar-refractivity contribution in [2.24, 2.45) is 0 Å². The Balaban J connectivity index is 1.65. The van der Waals surface area contributed by atoms with Crippen molar-refractivity contribution in [2.75, 3.05) is 18.2 Å². The SMILES string of the molecule is O=C([C@@H]1CCCc2nn(Cc3ncc(Cl)cc3F)c(=O)n21)N1CCSC1. The minimum Gasteiger partial charge on any atom is -0.331 e. The Bertz CT molecular complexity index is 909. The molecule has 0 N–H and O–H groups in total. The van der Waals surface area contributed by atoms with Crippen LogP contribution in [0, 0.1) is 5.82 Å². The maximum atomic E-state index is 14.0. The van der Waals surface area contributed by atoms with Gasteiger partial charge in [-0.3, -0.25) is 14.3 Å². The molecule has 0 spiro atoms. The lowest BCUT2D eigenvalue weighted by molar-refractivity contribution is -0.133. The van der Waals surface area contributed by atoms with Crippen molar-refractivity contribution in [3.05, 3.63) is 45.1 Å². The number of hydrogen-bond donors (Lipinski definition) is 0. The van der Waals surface area contributed by atoms with E-state index in [4.69, 9.17) is 11.6 Å². The molecule has 0 bridgehead atoms. The van der Waals surface area contributed by atoms with Gasteiger partial charge in [-0.2, -0.15) is 5.10 Å². The zero-order valence-corrected chi connectivity index (χ0v) is 15.5. The molecule has 2 aliphatic rings. The number of nitrogens with zero attached hydrogens (tertiary/aromatic N) is 5. The summed E-state index contributed by atoms with van der Waals surface area (Å²) in [7, 11) is 0. The van der Waals surface area contributed by atoms with Crippen LogP contribution in [-0.4, -0.2) is 48.3 Å². The number of thioether (sulfide) groups is 1. The van der Waals surface area contributed by atoms with Crippen LogP contribution in [0.25, 0.3) is 0 Å². The van der Waals surface area contributed by atoms with Gasteiger partial charge in [0.05, 0.1) is 23.1 Å². The number of hydrogen-bond acceptors (Lipinski definition) is 5. The van der Waals surface area contributed by atoms with Crippen LogP contribution >= 0.6 is 23.4 Å². The van der Waals surface area contributed by atoms with E-state index in [2.05, 4.69) is 10.1 Å². The molecule has 26 heavy (non-hydrogen) atoms. The Labute approximate surface area is 158 Å². The molecule has 4 heterocycles. The fraction of sp³-hybridized carbons (Fsp3) is 0.500. The van der Waals surface area contributed by atoms with Crippen molar-refractivity contribution >= 4 is 29.3 Å². The molecule has 1 fully saturated rings. The smallest absolute Gasteiger partial charge is 0.331 e. The van der Waals surface area contributed by atoms with Crippen molar-refractivity contribution in [1.82, 2.24) is 24.2 Å². The molecule has 0 radical (unpaired) electrons. The number of rotatable bonds is 3. The highest BCUT2D eigenvalue weighted by atomic mass is 35.5. The van der Waals surface area contributed by atoms with Crippen molar-refractivity contribution in [3.8, 4) is 0 Å². The van der Waals surface area contributed by atoms with Crippen LogP contribution in [0.5, 0.6) is 0 Å². The first-order valence-corrected chi connectivity index (χ1v) is 9.92. The van der Waals surface area contributed by atoms with Gasteiger partial charge in [0.25, 0.3) is 0 Å². The third-order valence-electron chi connectivity index (χ3n) is 4.66. The van der Waals surface area contributed by atoms with Crippen molar-refractivity contribution in [3.63, 3.8) is 0 Å². The van der Waals surface area contributed by atoms with E-state index in [1.165, 1.54) is 15.4 Å². The van der Waals surface area contributed by atoms with Crippen molar-refractivity contribution < 1.29 is 9.18 Å². The van der Waals surface area contributed by atoms with E-state index in [1.807, 2.05) is 0 Å². The number of carbonyl (C=O) groups is 1. The highest BCUT2D eigenvalue weighted by Crippen LogP contribution is 2.26. The van der Waals surface area contributed by atoms with Crippen LogP contribution in [0.2, 0.25) is 5.02 Å². The molecule has 138 valence electrons. The second kappa shape index (κ2) is 7.03. The average molecular weight is 398 g/mol. The van der Waals surface area contributed by atoms with Crippen LogP contribution in [0.3, 0.4) is 0 Å². The van der Waals surface area contributed by atoms with Crippen LogP contribution in [0.1, 0.15) is 30.4 Å². The highest BCUT2D eigenvalue weighted by molar-refractivity contribution is 7.99. The summed E-state index contributed by atoms with van der Waals surface area (Å²) in [5.74, 6) is 1.53. The summed E-state index contributed by atoms with van der Waals surface area (Å²) in [6, 6.07) is 0.629. The number of fused-ring (bicyclic) bond motifs is 1. The molecule has 10 heteroatoms. The summed E-state index contributed by atoms with van der Waals surface area (Å²) in [6.45, 7) is 0.612. The first kappa shape index (κ1) is 17.5. The van der Waals surface area contributed by atoms with Crippen LogP contribution in [-0.2, 0) is 17.8 Å². The second-order valence-corrected chi connectivity index (χ2v) is 7.87. The molecular weight excluding hydrogens is 381 g/mol. The molecule has 2 aromatic heterocycles. The molecule has 1 amide bonds. The Morgan fingerprint density at radius 1 is 1.46 bits per heavy atom. The number of aromatic nitrogens is 4. The third-order valence-corrected chi connectivity index (χ3v) is 5.84. The summed E-state index contributed by atoms with van der Waals surface area (Å²) >= 11 is 7.42. The molecule has 0 aliphatic carbocycles. The average Bonchev–Trinajstić information content (AvgIpc) is 3.26. The molecule has 2 aliphatic heterocycles. The van der Waals surface area contributed by atoms with E-state index < -0.39 is 17.5 Å². The lowest BCUT2D eigenvalue weighted by Crippen LogP contribution is -2.41. The standard InChI is InChI=1S/C16H17ClFN5O2S/c17-10-6-11(18)12(19-7-10)8-22-16(25)23-13(2-1-3-14(23)20-22)15(24)21-4-5-26-9-21/h6-7,13H,1-5,8-9H2/t13-/m0/s1. The number of carbonyl (C=O) groups excluding carboxylic acids is 1. The summed E-state index contributed by atoms with van der Waals surface area (Å²) in [5, 5.41) is 4.51. The fourth-order valence-corrected chi connectivity index (χ4v) is 4.47. The van der Waals surface area contributed by atoms with Gasteiger partial charge in [0.1, 0.15) is 17.7 Å². The maximum absolute atomic E-state index is 14.0. The van der Waals surface area contributed by atoms with E-state index in [-0.39, 0.29) is 23.2 Å². The van der Waals surface area contributed by atoms with E-state index in [9.17, 15) is 14.0 Å². The van der Waals surface area contributed by atoms with Gasteiger partial charge in [0.15, 0.2) is 0 Å². The lowest BCUT2D eigenvalue weighted by atomic mass is 10.0. The fourth-order valence-electron chi connectivity index (χ4n) is 3.37. The van der Waals surface area contributed by atoms with Gasteiger partial charge in [-0.1, -0.05) is 11.6 Å². The predicted molar refractivity (Wildman–Crippen MR) is 95.8 cm³/mol. The van der Waals surface area contributed by atoms with E-state index >= 15 is 0 Å². The molecule has 2 aromatic rings. The third kappa shape index (κ3) is 3.14. The van der Waals surface area contributed by atoms with Gasteiger partial charge in [-0.15, -0.1) is 11.8 Å². The quantitative estimate of drug-likeness (QED) is 0.788. The Hall–Kier alpha value is -1.87. The first-order chi connectivity index (χ1) is 12.5. The highest BCUT2D eigenvalue weighted by Gasteiger charge is 2.34. The maximum Gasteiger partial charge on any atom is 0.347 e. The van der Waals surface area contributed by atoms with E-state index in [1.54, 1.807) is 16.7 Å². The normalized spacial score (nSPS) is 19.6. The molecule has 7 nitrogen and oxygen atoms in total. The Morgan fingerprint density at radius 3 is 3.04 bits per heavy atom. The summed E-state index contributed by atoms with van der Waals surface area (Å²) < 4.78 is 16.7. The van der Waals surface area contributed by atoms with Crippen molar-refractivity contribution in [1.29, 1.82) is 0 Å². The number of halogens is 2. The molecule has 4 rings (SSSR count). The molecule has 1 atom stereocenters. The number of pyridine rings is 1. The zero-order valence-electron chi connectivity index (χ0n) is 13.9. The van der Waals surface area contributed by atoms with Crippen LogP contribution < -0.4 is 5.69 Å². The Morgan fingerprint density at radius 2 is 2.31 bits per heavy atom. The topological polar surface area (TPSA) is 73.0 Å². The largest absolute Gasteiger partial charge is 0.347 e. The molecule has 0 saturated carbocycles. The molecule has 0 aromatic carbocycles. The molecule has 1 saturated heterocycles. The number of aryl methyl sites for hydroxylation is 1. The Kier molecular flexibility index (Phi) is 4.74. The minimum atomic E-state index is -0.586. The minimum absolute atomic E-state index is 0.0339. The van der Waals surface area contributed by atoms with E-state index in [0.29, 0.717) is 31.1 Å². The van der Waals surface area contributed by atoms with Gasteiger partial charge in [0.2, 0.25) is 5.91 Å².